The van der Waals surface area contributed by atoms with Crippen molar-refractivity contribution in [2.75, 3.05) is 60.4 Å². The van der Waals surface area contributed by atoms with Crippen molar-refractivity contribution in [2.24, 2.45) is 0 Å². The topological polar surface area (TPSA) is 38.8 Å². The van der Waals surface area contributed by atoms with Crippen molar-refractivity contribution < 1.29 is 4.79 Å². The number of amides is 1. The summed E-state index contributed by atoms with van der Waals surface area (Å²) in [5.41, 5.74) is 0. The van der Waals surface area contributed by atoms with E-state index in [9.17, 15) is 4.79 Å². The molecule has 0 aromatic rings. The molecule has 1 N–H and O–H groups in total. The molecule has 1 amide bonds. The van der Waals surface area contributed by atoms with Crippen LogP contribution in [0.2, 0.25) is 0 Å². The molecule has 0 radical (unpaired) electrons. The van der Waals surface area contributed by atoms with E-state index in [-0.39, 0.29) is 5.91 Å². The standard InChI is InChI=1S/C25H52N4O/c1-5-6-7-8-9-10-11-16-24-23-25(30)26-17-14-20-27(2)18-12-13-19-28(3)21-15-22-29(24)4/h24H,5-23H2,1-4H3,(H,26,30)/t24-/m0/s1. The van der Waals surface area contributed by atoms with Crippen molar-refractivity contribution in [1.29, 1.82) is 0 Å². The van der Waals surface area contributed by atoms with Gasteiger partial charge in [-0.05, 0) is 86.0 Å². The second-order valence-corrected chi connectivity index (χ2v) is 9.62. The Morgan fingerprint density at radius 1 is 0.767 bits per heavy atom. The summed E-state index contributed by atoms with van der Waals surface area (Å²) in [7, 11) is 6.68. The molecular weight excluding hydrogens is 372 g/mol. The van der Waals surface area contributed by atoms with Crippen molar-refractivity contribution >= 4 is 5.91 Å². The summed E-state index contributed by atoms with van der Waals surface area (Å²) < 4.78 is 0. The summed E-state index contributed by atoms with van der Waals surface area (Å²) >= 11 is 0. The Balaban J connectivity index is 2.49. The minimum atomic E-state index is 0.235. The number of hydrogen-bond donors (Lipinski definition) is 1. The summed E-state index contributed by atoms with van der Waals surface area (Å²) in [5, 5.41) is 3.18. The van der Waals surface area contributed by atoms with Crippen LogP contribution in [0.4, 0.5) is 0 Å². The number of carbonyl (C=O) groups excluding carboxylic acids is 1. The third kappa shape index (κ3) is 14.4. The summed E-state index contributed by atoms with van der Waals surface area (Å²) in [5.74, 6) is 0.235. The number of nitrogens with one attached hydrogen (secondary N) is 1. The maximum absolute atomic E-state index is 12.6. The van der Waals surface area contributed by atoms with Gasteiger partial charge in [-0.3, -0.25) is 4.79 Å². The van der Waals surface area contributed by atoms with E-state index in [1.165, 1.54) is 70.8 Å². The van der Waals surface area contributed by atoms with Gasteiger partial charge in [0.05, 0.1) is 0 Å². The molecule has 1 heterocycles. The van der Waals surface area contributed by atoms with Gasteiger partial charge in [-0.2, -0.15) is 0 Å². The average molecular weight is 425 g/mol. The molecule has 178 valence electrons. The number of rotatable bonds is 8. The Morgan fingerprint density at radius 3 is 2.00 bits per heavy atom. The number of hydrogen-bond acceptors (Lipinski definition) is 4. The highest BCUT2D eigenvalue weighted by Gasteiger charge is 2.18. The molecule has 0 aliphatic carbocycles. The van der Waals surface area contributed by atoms with Crippen LogP contribution in [0, 0.1) is 0 Å². The van der Waals surface area contributed by atoms with Gasteiger partial charge in [0.25, 0.3) is 0 Å². The fraction of sp³-hybridized carbons (Fsp3) is 0.960. The van der Waals surface area contributed by atoms with Crippen molar-refractivity contribution in [3.8, 4) is 0 Å². The van der Waals surface area contributed by atoms with Crippen LogP contribution in [-0.2, 0) is 4.79 Å². The molecule has 1 aliphatic rings. The molecule has 5 heteroatoms. The lowest BCUT2D eigenvalue weighted by Crippen LogP contribution is -2.39. The van der Waals surface area contributed by atoms with Crippen LogP contribution >= 0.6 is 0 Å². The molecule has 5 nitrogen and oxygen atoms in total. The quantitative estimate of drug-likeness (QED) is 0.587. The maximum Gasteiger partial charge on any atom is 0.221 e. The molecule has 0 bridgehead atoms. The molecule has 0 aromatic heterocycles. The van der Waals surface area contributed by atoms with Gasteiger partial charge < -0.3 is 20.0 Å². The fourth-order valence-corrected chi connectivity index (χ4v) is 4.44. The van der Waals surface area contributed by atoms with Crippen LogP contribution in [-0.4, -0.2) is 87.1 Å². The maximum atomic E-state index is 12.6. The highest BCUT2D eigenvalue weighted by Crippen LogP contribution is 2.15. The molecule has 0 aromatic carbocycles. The van der Waals surface area contributed by atoms with Crippen molar-refractivity contribution in [2.45, 2.75) is 96.4 Å². The first-order chi connectivity index (χ1) is 14.5. The second kappa shape index (κ2) is 18.0. The van der Waals surface area contributed by atoms with Crippen LogP contribution in [0.15, 0.2) is 0 Å². The Kier molecular flexibility index (Phi) is 16.4. The van der Waals surface area contributed by atoms with E-state index in [0.29, 0.717) is 12.5 Å². The predicted octanol–water partition coefficient (Wildman–Crippen LogP) is 4.37. The molecule has 0 unspecified atom stereocenters. The van der Waals surface area contributed by atoms with Gasteiger partial charge in [0.2, 0.25) is 5.91 Å². The molecule has 1 rings (SSSR count). The summed E-state index contributed by atoms with van der Waals surface area (Å²) in [4.78, 5) is 19.9. The molecule has 1 atom stereocenters. The number of unbranched alkanes of at least 4 members (excludes halogenated alkanes) is 6. The Morgan fingerprint density at radius 2 is 1.33 bits per heavy atom. The van der Waals surface area contributed by atoms with Crippen molar-refractivity contribution in [3.63, 3.8) is 0 Å². The smallest absolute Gasteiger partial charge is 0.221 e. The first kappa shape index (κ1) is 27.4. The van der Waals surface area contributed by atoms with Gasteiger partial charge in [0, 0.05) is 19.0 Å². The van der Waals surface area contributed by atoms with Gasteiger partial charge in [-0.1, -0.05) is 51.9 Å². The van der Waals surface area contributed by atoms with Crippen LogP contribution in [0.1, 0.15) is 90.4 Å². The normalized spacial score (nSPS) is 23.2. The highest BCUT2D eigenvalue weighted by molar-refractivity contribution is 5.76. The monoisotopic (exact) mass is 424 g/mol. The van der Waals surface area contributed by atoms with E-state index in [4.69, 9.17) is 0 Å². The highest BCUT2D eigenvalue weighted by atomic mass is 16.1. The minimum Gasteiger partial charge on any atom is -0.356 e. The molecule has 0 spiro atoms. The van der Waals surface area contributed by atoms with E-state index >= 15 is 0 Å². The predicted molar refractivity (Wildman–Crippen MR) is 130 cm³/mol. The molecule has 30 heavy (non-hydrogen) atoms. The van der Waals surface area contributed by atoms with E-state index in [1.807, 2.05) is 0 Å². The number of nitrogens with zero attached hydrogens (tertiary/aromatic N) is 3. The molecule has 0 saturated carbocycles. The lowest BCUT2D eigenvalue weighted by Gasteiger charge is -2.28. The van der Waals surface area contributed by atoms with E-state index in [2.05, 4.69) is 48.1 Å². The zero-order chi connectivity index (χ0) is 22.0. The second-order valence-electron chi connectivity index (χ2n) is 9.62. The minimum absolute atomic E-state index is 0.235. The first-order valence-corrected chi connectivity index (χ1v) is 12.9. The molecule has 1 aliphatic heterocycles. The third-order valence-electron chi connectivity index (χ3n) is 6.60. The van der Waals surface area contributed by atoms with Gasteiger partial charge in [-0.15, -0.1) is 0 Å². The van der Waals surface area contributed by atoms with Crippen LogP contribution in [0.5, 0.6) is 0 Å². The zero-order valence-electron chi connectivity index (χ0n) is 20.8. The van der Waals surface area contributed by atoms with E-state index in [1.54, 1.807) is 0 Å². The zero-order valence-corrected chi connectivity index (χ0v) is 20.8. The third-order valence-corrected chi connectivity index (χ3v) is 6.60. The Hall–Kier alpha value is -0.650. The largest absolute Gasteiger partial charge is 0.356 e. The lowest BCUT2D eigenvalue weighted by molar-refractivity contribution is -0.122. The van der Waals surface area contributed by atoms with Crippen LogP contribution < -0.4 is 5.32 Å². The molecule has 1 saturated heterocycles. The summed E-state index contributed by atoms with van der Waals surface area (Å²) in [6, 6.07) is 0.379. The first-order valence-electron chi connectivity index (χ1n) is 12.9. The Bertz CT molecular complexity index is 418. The van der Waals surface area contributed by atoms with E-state index in [0.717, 1.165) is 45.6 Å². The van der Waals surface area contributed by atoms with Crippen molar-refractivity contribution in [1.82, 2.24) is 20.0 Å². The SMILES string of the molecule is CCCCCCCCC[C@H]1CC(=O)NCCCN(C)CCCCN(C)CCCN1C. The summed E-state index contributed by atoms with van der Waals surface area (Å²) in [6.07, 6.45) is 15.9. The lowest BCUT2D eigenvalue weighted by atomic mass is 10.0. The van der Waals surface area contributed by atoms with Crippen LogP contribution in [0.25, 0.3) is 0 Å². The van der Waals surface area contributed by atoms with Gasteiger partial charge in [0.1, 0.15) is 0 Å². The summed E-state index contributed by atoms with van der Waals surface area (Å²) in [6.45, 7) is 8.73. The fourth-order valence-electron chi connectivity index (χ4n) is 4.44. The molecule has 1 fully saturated rings. The average Bonchev–Trinajstić information content (AvgIpc) is 2.72. The molecular formula is C25H52N4O. The van der Waals surface area contributed by atoms with E-state index < -0.39 is 0 Å². The van der Waals surface area contributed by atoms with Crippen LogP contribution in [0.3, 0.4) is 0 Å². The number of carbonyl (C=O) groups is 1. The van der Waals surface area contributed by atoms with Crippen molar-refractivity contribution in [3.05, 3.63) is 0 Å². The van der Waals surface area contributed by atoms with Gasteiger partial charge in [0.15, 0.2) is 0 Å². The van der Waals surface area contributed by atoms with Gasteiger partial charge >= 0.3 is 0 Å². The Labute approximate surface area is 187 Å². The van der Waals surface area contributed by atoms with Gasteiger partial charge in [-0.25, -0.2) is 0 Å².